The molecule has 0 amide bonds. The van der Waals surface area contributed by atoms with E-state index in [2.05, 4.69) is 41.5 Å². The van der Waals surface area contributed by atoms with E-state index in [1.54, 1.807) is 6.20 Å². The van der Waals surface area contributed by atoms with E-state index < -0.39 is 0 Å². The molecule has 0 bridgehead atoms. The van der Waals surface area contributed by atoms with Crippen molar-refractivity contribution >= 4 is 44.2 Å². The number of nitrogens with one attached hydrogen (secondary N) is 2. The molecule has 3 rings (SSSR count). The number of halogens is 1. The Labute approximate surface area is 124 Å². The molecule has 0 spiro atoms. The van der Waals surface area contributed by atoms with Crippen molar-refractivity contribution in [1.29, 1.82) is 0 Å². The van der Waals surface area contributed by atoms with Gasteiger partial charge in [-0.3, -0.25) is 4.98 Å². The molecule has 100 valence electrons. The molecule has 0 saturated carbocycles. The number of fused-ring (bicyclic) bond motifs is 1. The smallest absolute Gasteiger partial charge is 0.150 e. The number of hydrogen-bond acceptors (Lipinski definition) is 5. The molecule has 5 nitrogen and oxygen atoms in total. The zero-order valence-corrected chi connectivity index (χ0v) is 12.3. The van der Waals surface area contributed by atoms with Gasteiger partial charge < -0.3 is 10.6 Å². The van der Waals surface area contributed by atoms with Crippen LogP contribution < -0.4 is 10.6 Å². The molecule has 1 aromatic carbocycles. The third-order valence-corrected chi connectivity index (χ3v) is 3.64. The third-order valence-electron chi connectivity index (χ3n) is 2.89. The van der Waals surface area contributed by atoms with Crippen LogP contribution in [0.5, 0.6) is 0 Å². The highest BCUT2D eigenvalue weighted by atomic mass is 79.9. The second kappa shape index (κ2) is 5.42. The summed E-state index contributed by atoms with van der Waals surface area (Å²) in [5.74, 6) is 1.46. The predicted molar refractivity (Wildman–Crippen MR) is 84.3 cm³/mol. The molecule has 0 unspecified atom stereocenters. The van der Waals surface area contributed by atoms with Gasteiger partial charge in [-0.1, -0.05) is 6.07 Å². The van der Waals surface area contributed by atoms with E-state index in [-0.39, 0.29) is 0 Å². The predicted octanol–water partition coefficient (Wildman–Crippen LogP) is 3.57. The Morgan fingerprint density at radius 3 is 2.75 bits per heavy atom. The Kier molecular flexibility index (Phi) is 3.47. The van der Waals surface area contributed by atoms with Gasteiger partial charge in [0.25, 0.3) is 0 Å². The highest BCUT2D eigenvalue weighted by molar-refractivity contribution is 9.10. The Morgan fingerprint density at radius 1 is 1.05 bits per heavy atom. The molecule has 2 aromatic heterocycles. The maximum Gasteiger partial charge on any atom is 0.150 e. The number of anilines is 3. The standard InChI is InChI=1S/C14H12BrN5/c1-16-13-12(15)14(19-8-18-13)20-10-4-5-11-9(7-10)3-2-6-17-11/h2-8H,1H3,(H2,16,18,19,20). The van der Waals surface area contributed by atoms with Gasteiger partial charge in [-0.25, -0.2) is 9.97 Å². The first-order valence-electron chi connectivity index (χ1n) is 6.08. The molecule has 2 N–H and O–H groups in total. The van der Waals surface area contributed by atoms with Crippen LogP contribution in [0.4, 0.5) is 17.3 Å². The highest BCUT2D eigenvalue weighted by Gasteiger charge is 2.07. The van der Waals surface area contributed by atoms with Crippen molar-refractivity contribution in [3.05, 3.63) is 47.3 Å². The van der Waals surface area contributed by atoms with Crippen molar-refractivity contribution < 1.29 is 0 Å². The Hall–Kier alpha value is -2.21. The van der Waals surface area contributed by atoms with Gasteiger partial charge >= 0.3 is 0 Å². The molecule has 3 aromatic rings. The van der Waals surface area contributed by atoms with Gasteiger partial charge in [0, 0.05) is 24.3 Å². The van der Waals surface area contributed by atoms with Crippen LogP contribution in [0.2, 0.25) is 0 Å². The number of pyridine rings is 1. The van der Waals surface area contributed by atoms with Gasteiger partial charge in [0.15, 0.2) is 0 Å². The maximum atomic E-state index is 4.30. The zero-order valence-electron chi connectivity index (χ0n) is 10.8. The van der Waals surface area contributed by atoms with Crippen LogP contribution >= 0.6 is 15.9 Å². The van der Waals surface area contributed by atoms with Crippen molar-refractivity contribution in [1.82, 2.24) is 15.0 Å². The lowest BCUT2D eigenvalue weighted by Crippen LogP contribution is -2.00. The summed E-state index contributed by atoms with van der Waals surface area (Å²) in [6.45, 7) is 0. The summed E-state index contributed by atoms with van der Waals surface area (Å²) in [6.07, 6.45) is 3.30. The first-order valence-corrected chi connectivity index (χ1v) is 6.87. The van der Waals surface area contributed by atoms with E-state index in [0.29, 0.717) is 5.82 Å². The number of hydrogen-bond donors (Lipinski definition) is 2. The minimum absolute atomic E-state index is 0.715. The van der Waals surface area contributed by atoms with E-state index >= 15 is 0 Å². The second-order valence-electron chi connectivity index (χ2n) is 4.17. The van der Waals surface area contributed by atoms with Gasteiger partial charge in [-0.05, 0) is 40.2 Å². The molecule has 0 aliphatic rings. The van der Waals surface area contributed by atoms with Crippen LogP contribution in [0.3, 0.4) is 0 Å². The third kappa shape index (κ3) is 2.42. The fourth-order valence-electron chi connectivity index (χ4n) is 1.92. The minimum Gasteiger partial charge on any atom is -0.372 e. The molecule has 0 fully saturated rings. The van der Waals surface area contributed by atoms with Gasteiger partial charge in [0.05, 0.1) is 5.52 Å². The van der Waals surface area contributed by atoms with E-state index in [0.717, 1.165) is 26.9 Å². The lowest BCUT2D eigenvalue weighted by Gasteiger charge is -2.10. The van der Waals surface area contributed by atoms with Gasteiger partial charge in [-0.2, -0.15) is 0 Å². The Balaban J connectivity index is 1.97. The van der Waals surface area contributed by atoms with Gasteiger partial charge in [-0.15, -0.1) is 0 Å². The summed E-state index contributed by atoms with van der Waals surface area (Å²) in [7, 11) is 1.82. The SMILES string of the molecule is CNc1ncnc(Nc2ccc3ncccc3c2)c1Br. The maximum absolute atomic E-state index is 4.30. The largest absolute Gasteiger partial charge is 0.372 e. The summed E-state index contributed by atoms with van der Waals surface area (Å²) < 4.78 is 0.800. The van der Waals surface area contributed by atoms with Gasteiger partial charge in [0.2, 0.25) is 0 Å². The van der Waals surface area contributed by atoms with E-state index in [1.165, 1.54) is 6.33 Å². The Bertz CT molecular complexity index is 759. The monoisotopic (exact) mass is 329 g/mol. The van der Waals surface area contributed by atoms with Crippen molar-refractivity contribution in [2.24, 2.45) is 0 Å². The molecule has 20 heavy (non-hydrogen) atoms. The highest BCUT2D eigenvalue weighted by Crippen LogP contribution is 2.29. The molecule has 0 radical (unpaired) electrons. The minimum atomic E-state index is 0.715. The van der Waals surface area contributed by atoms with Crippen molar-refractivity contribution in [3.63, 3.8) is 0 Å². The topological polar surface area (TPSA) is 62.7 Å². The van der Waals surface area contributed by atoms with Crippen molar-refractivity contribution in [2.75, 3.05) is 17.7 Å². The number of benzene rings is 1. The van der Waals surface area contributed by atoms with Crippen molar-refractivity contribution in [2.45, 2.75) is 0 Å². The average Bonchev–Trinajstić information content (AvgIpc) is 2.49. The summed E-state index contributed by atoms with van der Waals surface area (Å²) in [5.41, 5.74) is 1.92. The van der Waals surface area contributed by atoms with Crippen LogP contribution in [0.1, 0.15) is 0 Å². The Morgan fingerprint density at radius 2 is 1.90 bits per heavy atom. The van der Waals surface area contributed by atoms with Crippen molar-refractivity contribution in [3.8, 4) is 0 Å². The molecule has 0 saturated heterocycles. The quantitative estimate of drug-likeness (QED) is 0.769. The molecular formula is C14H12BrN5. The van der Waals surface area contributed by atoms with Crippen LogP contribution in [0, 0.1) is 0 Å². The molecule has 0 aliphatic carbocycles. The molecule has 0 aliphatic heterocycles. The van der Waals surface area contributed by atoms with E-state index in [1.807, 2.05) is 37.4 Å². The first kappa shape index (κ1) is 12.8. The van der Waals surface area contributed by atoms with Crippen LogP contribution in [0.15, 0.2) is 47.3 Å². The summed E-state index contributed by atoms with van der Waals surface area (Å²) >= 11 is 3.49. The average molecular weight is 330 g/mol. The summed E-state index contributed by atoms with van der Waals surface area (Å²) in [6, 6.07) is 9.94. The second-order valence-corrected chi connectivity index (χ2v) is 4.96. The normalized spacial score (nSPS) is 10.5. The van der Waals surface area contributed by atoms with Gasteiger partial charge in [0.1, 0.15) is 22.4 Å². The van der Waals surface area contributed by atoms with Crippen LogP contribution in [-0.2, 0) is 0 Å². The zero-order chi connectivity index (χ0) is 13.9. The summed E-state index contributed by atoms with van der Waals surface area (Å²) in [5, 5.41) is 7.36. The van der Waals surface area contributed by atoms with E-state index in [9.17, 15) is 0 Å². The van der Waals surface area contributed by atoms with E-state index in [4.69, 9.17) is 0 Å². The lowest BCUT2D eigenvalue weighted by molar-refractivity contribution is 1.14. The fourth-order valence-corrected chi connectivity index (χ4v) is 2.42. The molecule has 0 atom stereocenters. The number of aromatic nitrogens is 3. The molecule has 6 heteroatoms. The lowest BCUT2D eigenvalue weighted by atomic mass is 10.2. The fraction of sp³-hybridized carbons (Fsp3) is 0.0714. The number of rotatable bonds is 3. The summed E-state index contributed by atoms with van der Waals surface area (Å²) in [4.78, 5) is 12.7. The number of nitrogens with zero attached hydrogens (tertiary/aromatic N) is 3. The van der Waals surface area contributed by atoms with Crippen LogP contribution in [0.25, 0.3) is 10.9 Å². The molecule has 2 heterocycles. The molecular weight excluding hydrogens is 318 g/mol. The first-order chi connectivity index (χ1) is 9.78. The van der Waals surface area contributed by atoms with Crippen LogP contribution in [-0.4, -0.2) is 22.0 Å².